The van der Waals surface area contributed by atoms with E-state index in [0.717, 1.165) is 0 Å². The van der Waals surface area contributed by atoms with E-state index in [1.165, 1.54) is 5.57 Å². The van der Waals surface area contributed by atoms with Crippen LogP contribution in [0.5, 0.6) is 0 Å². The van der Waals surface area contributed by atoms with Crippen molar-refractivity contribution >= 4 is 0 Å². The van der Waals surface area contributed by atoms with Gasteiger partial charge < -0.3 is 4.74 Å². The first-order chi connectivity index (χ1) is 5.52. The molecule has 0 atom stereocenters. The summed E-state index contributed by atoms with van der Waals surface area (Å²) in [6.07, 6.45) is 6.04. The lowest BCUT2D eigenvalue weighted by Gasteiger charge is -2.07. The van der Waals surface area contributed by atoms with Crippen LogP contribution < -0.4 is 0 Å². The second-order valence-electron chi connectivity index (χ2n) is 3.24. The summed E-state index contributed by atoms with van der Waals surface area (Å²) < 4.78 is 5.32. The number of hydrogen-bond acceptors (Lipinski definition) is 1. The topological polar surface area (TPSA) is 9.23 Å². The summed E-state index contributed by atoms with van der Waals surface area (Å²) in [5.74, 6) is 0.711. The summed E-state index contributed by atoms with van der Waals surface area (Å²) in [6.45, 7) is 11.8. The van der Waals surface area contributed by atoms with Gasteiger partial charge in [-0.25, -0.2) is 0 Å². The Labute approximate surface area is 75.4 Å². The van der Waals surface area contributed by atoms with E-state index in [2.05, 4.69) is 20.4 Å². The van der Waals surface area contributed by atoms with Crippen molar-refractivity contribution < 1.29 is 4.74 Å². The molecule has 0 bridgehead atoms. The van der Waals surface area contributed by atoms with E-state index in [1.807, 2.05) is 32.1 Å². The SMILES string of the molecule is C=C(/C=C\C=C(C)C)OC(C)C. The van der Waals surface area contributed by atoms with Crippen LogP contribution in [0.1, 0.15) is 27.7 Å². The second kappa shape index (κ2) is 5.64. The third kappa shape index (κ3) is 7.13. The van der Waals surface area contributed by atoms with Crippen LogP contribution >= 0.6 is 0 Å². The predicted molar refractivity (Wildman–Crippen MR) is 53.9 cm³/mol. The number of rotatable bonds is 4. The van der Waals surface area contributed by atoms with E-state index in [-0.39, 0.29) is 6.10 Å². The molecule has 0 N–H and O–H groups in total. The van der Waals surface area contributed by atoms with Crippen molar-refractivity contribution in [2.75, 3.05) is 0 Å². The van der Waals surface area contributed by atoms with Gasteiger partial charge in [-0.3, -0.25) is 0 Å². The Kier molecular flexibility index (Phi) is 5.18. The second-order valence-corrected chi connectivity index (χ2v) is 3.24. The van der Waals surface area contributed by atoms with Crippen molar-refractivity contribution in [2.45, 2.75) is 33.8 Å². The standard InChI is InChI=1S/C11H18O/c1-9(2)7-6-8-11(5)12-10(3)4/h6-8,10H,5H2,1-4H3/b8-6-. The zero-order valence-corrected chi connectivity index (χ0v) is 8.42. The Balaban J connectivity index is 3.84. The van der Waals surface area contributed by atoms with Crippen molar-refractivity contribution in [1.82, 2.24) is 0 Å². The molecule has 0 amide bonds. The molecular formula is C11H18O. The van der Waals surface area contributed by atoms with Crippen LogP contribution in [-0.2, 0) is 4.74 Å². The van der Waals surface area contributed by atoms with Gasteiger partial charge >= 0.3 is 0 Å². The third-order valence-corrected chi connectivity index (χ3v) is 1.10. The van der Waals surface area contributed by atoms with Crippen LogP contribution in [-0.4, -0.2) is 6.10 Å². The summed E-state index contributed by atoms with van der Waals surface area (Å²) >= 11 is 0. The molecule has 0 heterocycles. The molecule has 0 unspecified atom stereocenters. The number of allylic oxidation sites excluding steroid dienone is 4. The zero-order valence-electron chi connectivity index (χ0n) is 8.42. The van der Waals surface area contributed by atoms with Gasteiger partial charge in [0, 0.05) is 0 Å². The van der Waals surface area contributed by atoms with Gasteiger partial charge in [0.15, 0.2) is 0 Å². The van der Waals surface area contributed by atoms with E-state index in [0.29, 0.717) is 5.76 Å². The first-order valence-electron chi connectivity index (χ1n) is 4.19. The molecule has 0 saturated heterocycles. The van der Waals surface area contributed by atoms with Gasteiger partial charge in [-0.1, -0.05) is 24.3 Å². The predicted octanol–water partition coefficient (Wildman–Crippen LogP) is 3.45. The van der Waals surface area contributed by atoms with Crippen LogP contribution in [0.25, 0.3) is 0 Å². The van der Waals surface area contributed by atoms with Crippen molar-refractivity contribution in [1.29, 1.82) is 0 Å². The summed E-state index contributed by atoms with van der Waals surface area (Å²) in [6, 6.07) is 0. The summed E-state index contributed by atoms with van der Waals surface area (Å²) in [7, 11) is 0. The Morgan fingerprint density at radius 2 is 1.92 bits per heavy atom. The highest BCUT2D eigenvalue weighted by molar-refractivity contribution is 5.16. The molecule has 0 rings (SSSR count). The van der Waals surface area contributed by atoms with Crippen molar-refractivity contribution in [2.24, 2.45) is 0 Å². The van der Waals surface area contributed by atoms with Crippen molar-refractivity contribution in [3.05, 3.63) is 36.1 Å². The maximum atomic E-state index is 5.32. The largest absolute Gasteiger partial charge is 0.492 e. The van der Waals surface area contributed by atoms with Gasteiger partial charge in [-0.05, 0) is 33.8 Å². The van der Waals surface area contributed by atoms with Gasteiger partial charge in [-0.2, -0.15) is 0 Å². The minimum Gasteiger partial charge on any atom is -0.492 e. The van der Waals surface area contributed by atoms with E-state index in [1.54, 1.807) is 0 Å². The van der Waals surface area contributed by atoms with Gasteiger partial charge in [0.1, 0.15) is 5.76 Å². The minimum absolute atomic E-state index is 0.203. The Morgan fingerprint density at radius 1 is 1.33 bits per heavy atom. The lowest BCUT2D eigenvalue weighted by atomic mass is 10.3. The number of hydrogen-bond donors (Lipinski definition) is 0. The van der Waals surface area contributed by atoms with Crippen LogP contribution in [0, 0.1) is 0 Å². The van der Waals surface area contributed by atoms with Gasteiger partial charge in [0.05, 0.1) is 6.10 Å². The molecule has 0 spiro atoms. The molecule has 12 heavy (non-hydrogen) atoms. The van der Waals surface area contributed by atoms with Gasteiger partial charge in [0.2, 0.25) is 0 Å². The van der Waals surface area contributed by atoms with E-state index < -0.39 is 0 Å². The quantitative estimate of drug-likeness (QED) is 0.459. The Bertz CT molecular complexity index is 193. The van der Waals surface area contributed by atoms with Gasteiger partial charge in [-0.15, -0.1) is 0 Å². The molecule has 0 aliphatic carbocycles. The average molecular weight is 166 g/mol. The van der Waals surface area contributed by atoms with Crippen molar-refractivity contribution in [3.63, 3.8) is 0 Å². The van der Waals surface area contributed by atoms with Crippen LogP contribution in [0.15, 0.2) is 36.1 Å². The molecular weight excluding hydrogens is 148 g/mol. The fourth-order valence-corrected chi connectivity index (χ4v) is 0.690. The lowest BCUT2D eigenvalue weighted by Crippen LogP contribution is -1.99. The van der Waals surface area contributed by atoms with Crippen LogP contribution in [0.3, 0.4) is 0 Å². The molecule has 0 aliphatic rings. The van der Waals surface area contributed by atoms with E-state index in [9.17, 15) is 0 Å². The molecule has 68 valence electrons. The van der Waals surface area contributed by atoms with Crippen molar-refractivity contribution in [3.8, 4) is 0 Å². The Morgan fingerprint density at radius 3 is 2.33 bits per heavy atom. The Hall–Kier alpha value is -0.980. The molecule has 0 aliphatic heterocycles. The number of ether oxygens (including phenoxy) is 1. The molecule has 0 fully saturated rings. The molecule has 1 nitrogen and oxygen atoms in total. The fourth-order valence-electron chi connectivity index (χ4n) is 0.690. The summed E-state index contributed by atoms with van der Waals surface area (Å²) in [5, 5.41) is 0. The van der Waals surface area contributed by atoms with Crippen LogP contribution in [0.2, 0.25) is 0 Å². The average Bonchev–Trinajstić information content (AvgIpc) is 1.84. The summed E-state index contributed by atoms with van der Waals surface area (Å²) in [4.78, 5) is 0. The molecule has 0 aromatic carbocycles. The van der Waals surface area contributed by atoms with Gasteiger partial charge in [0.25, 0.3) is 0 Å². The summed E-state index contributed by atoms with van der Waals surface area (Å²) in [5.41, 5.74) is 1.27. The minimum atomic E-state index is 0.203. The fraction of sp³-hybridized carbons (Fsp3) is 0.455. The molecule has 0 aromatic rings. The molecule has 0 saturated carbocycles. The normalized spacial score (nSPS) is 10.4. The molecule has 0 radical (unpaired) electrons. The van der Waals surface area contributed by atoms with E-state index in [4.69, 9.17) is 4.74 Å². The monoisotopic (exact) mass is 166 g/mol. The van der Waals surface area contributed by atoms with Crippen LogP contribution in [0.4, 0.5) is 0 Å². The highest BCUT2D eigenvalue weighted by atomic mass is 16.5. The highest BCUT2D eigenvalue weighted by Gasteiger charge is 1.91. The maximum absolute atomic E-state index is 5.32. The smallest absolute Gasteiger partial charge is 0.112 e. The maximum Gasteiger partial charge on any atom is 0.112 e. The first-order valence-corrected chi connectivity index (χ1v) is 4.19. The molecule has 0 aromatic heterocycles. The molecule has 1 heteroatoms. The lowest BCUT2D eigenvalue weighted by molar-refractivity contribution is 0.159. The van der Waals surface area contributed by atoms with E-state index >= 15 is 0 Å². The highest BCUT2D eigenvalue weighted by Crippen LogP contribution is 2.01. The first kappa shape index (κ1) is 11.0. The third-order valence-electron chi connectivity index (χ3n) is 1.10. The zero-order chi connectivity index (χ0) is 9.56.